The monoisotopic (exact) mass is 523 g/mol. The van der Waals surface area contributed by atoms with Gasteiger partial charge in [0, 0.05) is 30.5 Å². The van der Waals surface area contributed by atoms with E-state index in [4.69, 9.17) is 9.31 Å². The Morgan fingerprint density at radius 1 is 1.13 bits per heavy atom. The maximum atomic E-state index is 13.4. The molecule has 1 aliphatic rings. The van der Waals surface area contributed by atoms with Crippen molar-refractivity contribution in [2.75, 3.05) is 6.61 Å². The zero-order valence-corrected chi connectivity index (χ0v) is 22.7. The van der Waals surface area contributed by atoms with Gasteiger partial charge in [0.2, 0.25) is 0 Å². The second kappa shape index (κ2) is 13.6. The standard InChI is InChI=1S/C28H38BN3O6/c1-17(2)14-22(29-37-16-18(3)30-19(4)28(36)38-29)15-25(34)26(20(5)33)32-27(35)24-13-9-12-23(31-24)21-10-7-6-8-11-21/h6-13,17-20,22,26,30,33H,14-16H2,1-5H3,(H,32,35)/t18-,19-,20-,22-,26+/m1/s1. The topological polar surface area (TPSA) is 127 Å². The number of amides is 1. The third-order valence-corrected chi connectivity index (χ3v) is 6.42. The fraction of sp³-hybridized carbons (Fsp3) is 0.500. The van der Waals surface area contributed by atoms with Crippen molar-refractivity contribution in [1.82, 2.24) is 15.6 Å². The molecule has 204 valence electrons. The van der Waals surface area contributed by atoms with Crippen molar-refractivity contribution < 1.29 is 28.8 Å². The summed E-state index contributed by atoms with van der Waals surface area (Å²) >= 11 is 0. The molecular weight excluding hydrogens is 485 g/mol. The van der Waals surface area contributed by atoms with Crippen LogP contribution in [0.5, 0.6) is 0 Å². The van der Waals surface area contributed by atoms with Gasteiger partial charge in [0.25, 0.3) is 5.91 Å². The van der Waals surface area contributed by atoms with Gasteiger partial charge in [-0.15, -0.1) is 0 Å². The molecule has 0 radical (unpaired) electrons. The summed E-state index contributed by atoms with van der Waals surface area (Å²) in [5.41, 5.74) is 1.61. The lowest BCUT2D eigenvalue weighted by atomic mass is 9.64. The van der Waals surface area contributed by atoms with Crippen LogP contribution in [0.2, 0.25) is 5.82 Å². The van der Waals surface area contributed by atoms with E-state index in [0.717, 1.165) is 5.56 Å². The Bertz CT molecular complexity index is 1100. The highest BCUT2D eigenvalue weighted by atomic mass is 16.6. The molecule has 9 nitrogen and oxygen atoms in total. The van der Waals surface area contributed by atoms with Gasteiger partial charge in [-0.3, -0.25) is 19.7 Å². The highest BCUT2D eigenvalue weighted by molar-refractivity contribution is 6.49. The molecule has 1 aromatic heterocycles. The minimum absolute atomic E-state index is 0.0420. The second-order valence-corrected chi connectivity index (χ2v) is 10.5. The average Bonchev–Trinajstić information content (AvgIpc) is 2.88. The van der Waals surface area contributed by atoms with E-state index in [2.05, 4.69) is 15.6 Å². The van der Waals surface area contributed by atoms with Crippen molar-refractivity contribution in [3.63, 3.8) is 0 Å². The first-order valence-electron chi connectivity index (χ1n) is 13.2. The van der Waals surface area contributed by atoms with Crippen LogP contribution in [0.3, 0.4) is 0 Å². The van der Waals surface area contributed by atoms with Gasteiger partial charge in [-0.05, 0) is 45.2 Å². The van der Waals surface area contributed by atoms with E-state index < -0.39 is 43.0 Å². The van der Waals surface area contributed by atoms with Gasteiger partial charge in [-0.1, -0.05) is 50.2 Å². The van der Waals surface area contributed by atoms with E-state index in [1.165, 1.54) is 6.92 Å². The maximum Gasteiger partial charge on any atom is 0.531 e. The lowest BCUT2D eigenvalue weighted by molar-refractivity contribution is -0.139. The fourth-order valence-electron chi connectivity index (χ4n) is 4.56. The summed E-state index contributed by atoms with van der Waals surface area (Å²) in [5, 5.41) is 16.2. The van der Waals surface area contributed by atoms with Crippen molar-refractivity contribution in [3.05, 3.63) is 54.2 Å². The lowest BCUT2D eigenvalue weighted by Gasteiger charge is -2.31. The number of hydrogen-bond acceptors (Lipinski definition) is 8. The molecule has 1 aromatic carbocycles. The van der Waals surface area contributed by atoms with Crippen molar-refractivity contribution in [2.45, 2.75) is 77.5 Å². The first-order valence-corrected chi connectivity index (χ1v) is 13.2. The second-order valence-electron chi connectivity index (χ2n) is 10.5. The van der Waals surface area contributed by atoms with Gasteiger partial charge < -0.3 is 19.7 Å². The summed E-state index contributed by atoms with van der Waals surface area (Å²) in [4.78, 5) is 43.5. The maximum absolute atomic E-state index is 13.4. The summed E-state index contributed by atoms with van der Waals surface area (Å²) in [6.45, 7) is 9.42. The van der Waals surface area contributed by atoms with Crippen LogP contribution < -0.4 is 10.6 Å². The first-order chi connectivity index (χ1) is 18.0. The van der Waals surface area contributed by atoms with Gasteiger partial charge in [-0.2, -0.15) is 0 Å². The molecule has 0 unspecified atom stereocenters. The minimum Gasteiger partial charge on any atom is -0.508 e. The number of hydrogen-bond donors (Lipinski definition) is 3. The Balaban J connectivity index is 1.76. The number of carbonyl (C=O) groups is 3. The lowest BCUT2D eigenvalue weighted by Crippen LogP contribution is -2.51. The molecule has 0 spiro atoms. The van der Waals surface area contributed by atoms with Gasteiger partial charge >= 0.3 is 13.1 Å². The SMILES string of the molecule is CC(C)C[C@H](CC(=O)[C@@H](NC(=O)c1cccc(-c2ccccc2)n1)[C@@H](C)O)B1OC[C@@H](C)N[C@H](C)C(=O)O1. The van der Waals surface area contributed by atoms with E-state index in [9.17, 15) is 19.5 Å². The summed E-state index contributed by atoms with van der Waals surface area (Å²) < 4.78 is 11.5. The van der Waals surface area contributed by atoms with Gasteiger partial charge in [0.15, 0.2) is 5.78 Å². The normalized spacial score (nSPS) is 20.6. The van der Waals surface area contributed by atoms with Crippen LogP contribution in [-0.2, 0) is 18.9 Å². The van der Waals surface area contributed by atoms with Crippen LogP contribution in [0.15, 0.2) is 48.5 Å². The fourth-order valence-corrected chi connectivity index (χ4v) is 4.56. The number of pyridine rings is 1. The van der Waals surface area contributed by atoms with Crippen LogP contribution in [0.1, 0.15) is 57.9 Å². The quantitative estimate of drug-likeness (QED) is 0.406. The van der Waals surface area contributed by atoms with Crippen molar-refractivity contribution in [3.8, 4) is 11.3 Å². The number of aromatic nitrogens is 1. The molecule has 2 heterocycles. The van der Waals surface area contributed by atoms with E-state index in [0.29, 0.717) is 18.7 Å². The number of carbonyl (C=O) groups excluding carboxylic acids is 3. The number of aliphatic hydroxyl groups is 1. The number of nitrogens with zero attached hydrogens (tertiary/aromatic N) is 1. The molecule has 0 bridgehead atoms. The van der Waals surface area contributed by atoms with Crippen LogP contribution >= 0.6 is 0 Å². The van der Waals surface area contributed by atoms with Gasteiger partial charge in [-0.25, -0.2) is 4.98 Å². The van der Waals surface area contributed by atoms with Crippen molar-refractivity contribution >= 4 is 24.8 Å². The molecule has 1 saturated heterocycles. The highest BCUT2D eigenvalue weighted by Crippen LogP contribution is 2.28. The number of Topliss-reactive ketones (excluding diaryl/α,β-unsaturated/α-hetero) is 1. The van der Waals surface area contributed by atoms with Crippen LogP contribution in [0.25, 0.3) is 11.3 Å². The van der Waals surface area contributed by atoms with E-state index >= 15 is 0 Å². The zero-order valence-electron chi connectivity index (χ0n) is 22.7. The first kappa shape index (κ1) is 29.5. The number of benzene rings is 1. The van der Waals surface area contributed by atoms with Crippen LogP contribution in [-0.4, -0.2) is 65.7 Å². The average molecular weight is 523 g/mol. The summed E-state index contributed by atoms with van der Waals surface area (Å²) in [6, 6.07) is 12.8. The van der Waals surface area contributed by atoms with Crippen molar-refractivity contribution in [1.29, 1.82) is 0 Å². The Kier molecular flexibility index (Phi) is 10.6. The van der Waals surface area contributed by atoms with Gasteiger partial charge in [0.1, 0.15) is 17.8 Å². The smallest absolute Gasteiger partial charge is 0.508 e. The molecule has 1 amide bonds. The summed E-state index contributed by atoms with van der Waals surface area (Å²) in [5.74, 6) is -1.64. The minimum atomic E-state index is -1.16. The predicted molar refractivity (Wildman–Crippen MR) is 145 cm³/mol. The summed E-state index contributed by atoms with van der Waals surface area (Å²) in [6.07, 6.45) is -0.630. The zero-order chi connectivity index (χ0) is 27.8. The molecule has 10 heteroatoms. The molecule has 1 aliphatic heterocycles. The Hall–Kier alpha value is -3.08. The number of ketones is 1. The van der Waals surface area contributed by atoms with E-state index in [-0.39, 0.29) is 29.9 Å². The molecule has 0 aliphatic carbocycles. The molecule has 1 fully saturated rings. The Morgan fingerprint density at radius 3 is 2.50 bits per heavy atom. The summed E-state index contributed by atoms with van der Waals surface area (Å²) in [7, 11) is -0.907. The number of rotatable bonds is 10. The van der Waals surface area contributed by atoms with Crippen LogP contribution in [0, 0.1) is 5.92 Å². The Labute approximate surface area is 224 Å². The Morgan fingerprint density at radius 2 is 1.84 bits per heavy atom. The number of nitrogens with one attached hydrogen (secondary N) is 2. The molecule has 0 saturated carbocycles. The third-order valence-electron chi connectivity index (χ3n) is 6.42. The van der Waals surface area contributed by atoms with E-state index in [1.807, 2.05) is 51.1 Å². The molecule has 2 aromatic rings. The molecule has 5 atom stereocenters. The molecule has 3 N–H and O–H groups in total. The molecular formula is C28H38BN3O6. The molecule has 38 heavy (non-hydrogen) atoms. The third kappa shape index (κ3) is 8.21. The van der Waals surface area contributed by atoms with E-state index in [1.54, 1.807) is 25.1 Å². The van der Waals surface area contributed by atoms with Gasteiger partial charge in [0.05, 0.1) is 11.8 Å². The van der Waals surface area contributed by atoms with Crippen molar-refractivity contribution in [2.24, 2.45) is 5.92 Å². The molecule has 3 rings (SSSR count). The van der Waals surface area contributed by atoms with Crippen LogP contribution in [0.4, 0.5) is 0 Å². The largest absolute Gasteiger partial charge is 0.531 e. The predicted octanol–water partition coefficient (Wildman–Crippen LogP) is 3.03. The highest BCUT2D eigenvalue weighted by Gasteiger charge is 2.40. The number of aliphatic hydroxyl groups excluding tert-OH is 1.